The molecule has 1 aliphatic rings. The second kappa shape index (κ2) is 7.79. The van der Waals surface area contributed by atoms with Gasteiger partial charge in [0.1, 0.15) is 5.75 Å². The van der Waals surface area contributed by atoms with Gasteiger partial charge < -0.3 is 20.1 Å². The molecule has 0 atom stereocenters. The number of carbonyl (C=O) groups is 2. The van der Waals surface area contributed by atoms with Crippen LogP contribution in [0.1, 0.15) is 5.69 Å². The second-order valence-corrected chi connectivity index (χ2v) is 6.13. The summed E-state index contributed by atoms with van der Waals surface area (Å²) < 4.78 is 11.0. The molecule has 28 heavy (non-hydrogen) atoms. The van der Waals surface area contributed by atoms with E-state index in [1.807, 2.05) is 36.4 Å². The number of benzene rings is 2. The van der Waals surface area contributed by atoms with Crippen molar-refractivity contribution < 1.29 is 19.1 Å². The molecule has 0 fully saturated rings. The predicted octanol–water partition coefficient (Wildman–Crippen LogP) is 3.39. The Kier molecular flexibility index (Phi) is 4.88. The SMILES string of the molecule is O=C(CNc1cccc(Oc2ccnc3c2OC(=O)C3)c1)Nc1ccccc1. The maximum Gasteiger partial charge on any atom is 0.317 e. The topological polar surface area (TPSA) is 89.6 Å². The van der Waals surface area contributed by atoms with Crippen LogP contribution in [0.4, 0.5) is 11.4 Å². The van der Waals surface area contributed by atoms with Crippen LogP contribution in [0.3, 0.4) is 0 Å². The Bertz CT molecular complexity index is 1020. The van der Waals surface area contributed by atoms with E-state index in [1.165, 1.54) is 0 Å². The van der Waals surface area contributed by atoms with Gasteiger partial charge >= 0.3 is 5.97 Å². The number of esters is 1. The third kappa shape index (κ3) is 4.09. The lowest BCUT2D eigenvalue weighted by molar-refractivity contribution is -0.132. The van der Waals surface area contributed by atoms with Crippen molar-refractivity contribution in [3.8, 4) is 17.2 Å². The maximum atomic E-state index is 12.1. The highest BCUT2D eigenvalue weighted by molar-refractivity contribution is 5.93. The summed E-state index contributed by atoms with van der Waals surface area (Å²) in [7, 11) is 0. The lowest BCUT2D eigenvalue weighted by Crippen LogP contribution is -2.21. The quantitative estimate of drug-likeness (QED) is 0.642. The molecule has 0 radical (unpaired) electrons. The summed E-state index contributed by atoms with van der Waals surface area (Å²) in [4.78, 5) is 27.7. The van der Waals surface area contributed by atoms with Crippen molar-refractivity contribution in [2.75, 3.05) is 17.2 Å². The average molecular weight is 375 g/mol. The van der Waals surface area contributed by atoms with Crippen LogP contribution in [0.5, 0.6) is 17.2 Å². The summed E-state index contributed by atoms with van der Waals surface area (Å²) in [5.74, 6) is 0.822. The van der Waals surface area contributed by atoms with Crippen molar-refractivity contribution in [2.45, 2.75) is 6.42 Å². The van der Waals surface area contributed by atoms with E-state index in [9.17, 15) is 9.59 Å². The summed E-state index contributed by atoms with van der Waals surface area (Å²) in [6, 6.07) is 18.1. The monoisotopic (exact) mass is 375 g/mol. The number of pyridine rings is 1. The molecular weight excluding hydrogens is 358 g/mol. The van der Waals surface area contributed by atoms with E-state index in [0.29, 0.717) is 22.9 Å². The molecule has 1 aliphatic heterocycles. The van der Waals surface area contributed by atoms with E-state index >= 15 is 0 Å². The van der Waals surface area contributed by atoms with E-state index in [2.05, 4.69) is 15.6 Å². The zero-order chi connectivity index (χ0) is 19.3. The number of hydrogen-bond donors (Lipinski definition) is 2. The van der Waals surface area contributed by atoms with Gasteiger partial charge in [-0.05, 0) is 24.3 Å². The summed E-state index contributed by atoms with van der Waals surface area (Å²) in [6.07, 6.45) is 1.72. The van der Waals surface area contributed by atoms with Crippen LogP contribution in [0.25, 0.3) is 0 Å². The third-order valence-corrected chi connectivity index (χ3v) is 4.04. The molecule has 3 aromatic rings. The summed E-state index contributed by atoms with van der Waals surface area (Å²) >= 11 is 0. The minimum Gasteiger partial charge on any atom is -0.453 e. The van der Waals surface area contributed by atoms with Gasteiger partial charge in [0.15, 0.2) is 11.5 Å². The smallest absolute Gasteiger partial charge is 0.317 e. The molecule has 2 N–H and O–H groups in total. The molecule has 4 rings (SSSR count). The van der Waals surface area contributed by atoms with Crippen LogP contribution in [0, 0.1) is 0 Å². The Morgan fingerprint density at radius 3 is 2.75 bits per heavy atom. The highest BCUT2D eigenvalue weighted by atomic mass is 16.6. The molecule has 1 amide bonds. The maximum absolute atomic E-state index is 12.1. The van der Waals surface area contributed by atoms with Crippen molar-refractivity contribution in [3.63, 3.8) is 0 Å². The Hall–Kier alpha value is -3.87. The number of hydrogen-bond acceptors (Lipinski definition) is 6. The van der Waals surface area contributed by atoms with Gasteiger partial charge in [-0.15, -0.1) is 0 Å². The average Bonchev–Trinajstić information content (AvgIpc) is 3.09. The zero-order valence-electron chi connectivity index (χ0n) is 14.8. The second-order valence-electron chi connectivity index (χ2n) is 6.13. The molecule has 2 heterocycles. The van der Waals surface area contributed by atoms with Gasteiger partial charge in [-0.2, -0.15) is 0 Å². The van der Waals surface area contributed by atoms with Gasteiger partial charge in [0, 0.05) is 29.7 Å². The minimum atomic E-state index is -0.349. The van der Waals surface area contributed by atoms with Crippen molar-refractivity contribution in [3.05, 3.63) is 72.6 Å². The van der Waals surface area contributed by atoms with E-state index in [1.54, 1.807) is 30.5 Å². The first-order valence-electron chi connectivity index (χ1n) is 8.72. The lowest BCUT2D eigenvalue weighted by atomic mass is 10.2. The van der Waals surface area contributed by atoms with E-state index in [-0.39, 0.29) is 24.8 Å². The van der Waals surface area contributed by atoms with E-state index in [4.69, 9.17) is 9.47 Å². The van der Waals surface area contributed by atoms with Crippen LogP contribution in [0.15, 0.2) is 66.9 Å². The Labute approximate surface area is 161 Å². The molecule has 2 aromatic carbocycles. The zero-order valence-corrected chi connectivity index (χ0v) is 14.8. The number of aromatic nitrogens is 1. The molecular formula is C21H17N3O4. The standard InChI is InChI=1S/C21H17N3O4/c25-19(24-14-5-2-1-3-6-14)13-23-15-7-4-8-16(11-15)27-18-9-10-22-17-12-20(26)28-21(17)18/h1-11,23H,12-13H2,(H,24,25). The number of carbonyl (C=O) groups excluding carboxylic acids is 2. The number of nitrogens with zero attached hydrogens (tertiary/aromatic N) is 1. The third-order valence-electron chi connectivity index (χ3n) is 4.04. The summed E-state index contributed by atoms with van der Waals surface area (Å²) in [5.41, 5.74) is 2.03. The van der Waals surface area contributed by atoms with E-state index in [0.717, 1.165) is 11.4 Å². The van der Waals surface area contributed by atoms with Gasteiger partial charge in [0.2, 0.25) is 5.91 Å². The number of rotatable bonds is 6. The fourth-order valence-electron chi connectivity index (χ4n) is 2.78. The highest BCUT2D eigenvalue weighted by Gasteiger charge is 2.25. The molecule has 0 bridgehead atoms. The number of para-hydroxylation sites is 1. The van der Waals surface area contributed by atoms with Crippen LogP contribution >= 0.6 is 0 Å². The van der Waals surface area contributed by atoms with Crippen LogP contribution in [0.2, 0.25) is 0 Å². The fourth-order valence-corrected chi connectivity index (χ4v) is 2.78. The molecule has 0 spiro atoms. The fraction of sp³-hybridized carbons (Fsp3) is 0.0952. The largest absolute Gasteiger partial charge is 0.453 e. The lowest BCUT2D eigenvalue weighted by Gasteiger charge is -2.11. The first kappa shape index (κ1) is 17.5. The molecule has 1 aromatic heterocycles. The molecule has 0 saturated heterocycles. The van der Waals surface area contributed by atoms with Gasteiger partial charge in [0.25, 0.3) is 0 Å². The number of amides is 1. The van der Waals surface area contributed by atoms with Crippen molar-refractivity contribution in [1.29, 1.82) is 0 Å². The van der Waals surface area contributed by atoms with Gasteiger partial charge in [0.05, 0.1) is 18.7 Å². The molecule has 7 nitrogen and oxygen atoms in total. The van der Waals surface area contributed by atoms with Crippen molar-refractivity contribution in [2.24, 2.45) is 0 Å². The molecule has 140 valence electrons. The van der Waals surface area contributed by atoms with Crippen molar-refractivity contribution in [1.82, 2.24) is 4.98 Å². The summed E-state index contributed by atoms with van der Waals surface area (Å²) in [6.45, 7) is 0.112. The highest BCUT2D eigenvalue weighted by Crippen LogP contribution is 2.37. The molecule has 0 aliphatic carbocycles. The van der Waals surface area contributed by atoms with Crippen molar-refractivity contribution >= 4 is 23.3 Å². The Morgan fingerprint density at radius 2 is 1.89 bits per heavy atom. The normalized spacial score (nSPS) is 12.1. The number of ether oxygens (including phenoxy) is 2. The Morgan fingerprint density at radius 1 is 1.07 bits per heavy atom. The predicted molar refractivity (Wildman–Crippen MR) is 104 cm³/mol. The number of nitrogens with one attached hydrogen (secondary N) is 2. The number of fused-ring (bicyclic) bond motifs is 1. The summed E-state index contributed by atoms with van der Waals surface area (Å²) in [5, 5.41) is 5.87. The molecule has 7 heteroatoms. The van der Waals surface area contributed by atoms with E-state index < -0.39 is 0 Å². The van der Waals surface area contributed by atoms with Gasteiger partial charge in [-0.3, -0.25) is 14.6 Å². The van der Waals surface area contributed by atoms with Crippen LogP contribution in [-0.4, -0.2) is 23.4 Å². The first-order chi connectivity index (χ1) is 13.7. The van der Waals surface area contributed by atoms with Gasteiger partial charge in [-0.25, -0.2) is 0 Å². The molecule has 0 saturated carbocycles. The van der Waals surface area contributed by atoms with Crippen LogP contribution < -0.4 is 20.1 Å². The minimum absolute atomic E-state index is 0.112. The Balaban J connectivity index is 1.39. The molecule has 0 unspecified atom stereocenters. The van der Waals surface area contributed by atoms with Crippen LogP contribution in [-0.2, 0) is 16.0 Å². The first-order valence-corrected chi connectivity index (χ1v) is 8.72. The number of anilines is 2. The van der Waals surface area contributed by atoms with Gasteiger partial charge in [-0.1, -0.05) is 24.3 Å².